The van der Waals surface area contributed by atoms with E-state index in [0.29, 0.717) is 0 Å². The van der Waals surface area contributed by atoms with Crippen LogP contribution in [0.2, 0.25) is 0 Å². The molecule has 0 aliphatic carbocycles. The van der Waals surface area contributed by atoms with Gasteiger partial charge in [-0.2, -0.15) is 0 Å². The largest absolute Gasteiger partial charge is 0.399 e. The first-order valence-corrected chi connectivity index (χ1v) is 7.07. The molecule has 4 heteroatoms. The molecule has 106 valence electrons. The van der Waals surface area contributed by atoms with Crippen molar-refractivity contribution >= 4 is 22.5 Å². The third kappa shape index (κ3) is 2.94. The number of rotatable bonds is 4. The van der Waals surface area contributed by atoms with E-state index in [9.17, 15) is 0 Å². The molecule has 3 aromatic rings. The Kier molecular flexibility index (Phi) is 3.69. The lowest BCUT2D eigenvalue weighted by Gasteiger charge is -2.22. The molecule has 2 N–H and O–H groups in total. The summed E-state index contributed by atoms with van der Waals surface area (Å²) in [5, 5.41) is 0. The average molecular weight is 278 g/mol. The van der Waals surface area contributed by atoms with Gasteiger partial charge in [-0.15, -0.1) is 0 Å². The Balaban J connectivity index is 1.90. The van der Waals surface area contributed by atoms with Gasteiger partial charge in [0.2, 0.25) is 0 Å². The predicted molar refractivity (Wildman–Crippen MR) is 87.1 cm³/mol. The number of hydrogen-bond acceptors (Lipinski definition) is 4. The summed E-state index contributed by atoms with van der Waals surface area (Å²) in [4.78, 5) is 11.4. The monoisotopic (exact) mass is 278 g/mol. The van der Waals surface area contributed by atoms with Crippen molar-refractivity contribution in [3.8, 4) is 0 Å². The average Bonchev–Trinajstić information content (AvgIpc) is 2.52. The van der Waals surface area contributed by atoms with Gasteiger partial charge in [0, 0.05) is 18.8 Å². The highest BCUT2D eigenvalue weighted by molar-refractivity contribution is 5.75. The summed E-state index contributed by atoms with van der Waals surface area (Å²) in [6, 6.07) is 15.9. The zero-order chi connectivity index (χ0) is 14.7. The molecule has 1 heterocycles. The number of benzene rings is 2. The normalized spacial score (nSPS) is 10.7. The summed E-state index contributed by atoms with van der Waals surface area (Å²) in [5.74, 6) is 0.888. The van der Waals surface area contributed by atoms with Crippen LogP contribution in [0.15, 0.2) is 54.7 Å². The second-order valence-electron chi connectivity index (χ2n) is 4.98. The first-order valence-electron chi connectivity index (χ1n) is 7.07. The Hall–Kier alpha value is -2.62. The van der Waals surface area contributed by atoms with Crippen molar-refractivity contribution in [3.05, 3.63) is 60.3 Å². The minimum Gasteiger partial charge on any atom is -0.399 e. The molecule has 0 unspecified atom stereocenters. The van der Waals surface area contributed by atoms with Crippen molar-refractivity contribution in [1.82, 2.24) is 9.97 Å². The Morgan fingerprint density at radius 3 is 2.62 bits per heavy atom. The van der Waals surface area contributed by atoms with Crippen LogP contribution in [0.3, 0.4) is 0 Å². The molecule has 0 aliphatic heterocycles. The van der Waals surface area contributed by atoms with E-state index in [1.807, 2.05) is 48.7 Å². The van der Waals surface area contributed by atoms with Gasteiger partial charge in [0.1, 0.15) is 5.82 Å². The molecular formula is C17H18N4. The van der Waals surface area contributed by atoms with Crippen LogP contribution < -0.4 is 10.6 Å². The maximum Gasteiger partial charge on any atom is 0.148 e. The highest BCUT2D eigenvalue weighted by Gasteiger charge is 2.08. The third-order valence-corrected chi connectivity index (χ3v) is 3.47. The van der Waals surface area contributed by atoms with Gasteiger partial charge >= 0.3 is 0 Å². The summed E-state index contributed by atoms with van der Waals surface area (Å²) >= 11 is 0. The van der Waals surface area contributed by atoms with Gasteiger partial charge < -0.3 is 10.6 Å². The number of nitrogens with two attached hydrogens (primary N) is 1. The van der Waals surface area contributed by atoms with Crippen LogP contribution in [0.1, 0.15) is 12.5 Å². The first kappa shape index (κ1) is 13.4. The van der Waals surface area contributed by atoms with Gasteiger partial charge in [0.05, 0.1) is 17.2 Å². The summed E-state index contributed by atoms with van der Waals surface area (Å²) in [7, 11) is 0. The summed E-state index contributed by atoms with van der Waals surface area (Å²) in [6.45, 7) is 3.75. The molecule has 1 aromatic heterocycles. The van der Waals surface area contributed by atoms with Gasteiger partial charge in [0.25, 0.3) is 0 Å². The van der Waals surface area contributed by atoms with Crippen molar-refractivity contribution in [2.45, 2.75) is 13.5 Å². The van der Waals surface area contributed by atoms with Crippen LogP contribution in [0, 0.1) is 0 Å². The second-order valence-corrected chi connectivity index (χ2v) is 4.98. The molecule has 0 spiro atoms. The highest BCUT2D eigenvalue weighted by atomic mass is 15.2. The topological polar surface area (TPSA) is 55.0 Å². The standard InChI is InChI=1S/C17H18N4/c1-2-21(12-13-6-5-7-14(18)10-13)17-11-19-15-8-3-4-9-16(15)20-17/h3-11H,2,12,18H2,1H3. The minimum atomic E-state index is 0.772. The molecule has 4 nitrogen and oxygen atoms in total. The van der Waals surface area contributed by atoms with Gasteiger partial charge in [-0.3, -0.25) is 4.98 Å². The van der Waals surface area contributed by atoms with Crippen LogP contribution in [-0.2, 0) is 6.54 Å². The van der Waals surface area contributed by atoms with E-state index < -0.39 is 0 Å². The number of nitrogens with zero attached hydrogens (tertiary/aromatic N) is 3. The molecule has 0 atom stereocenters. The highest BCUT2D eigenvalue weighted by Crippen LogP contribution is 2.18. The van der Waals surface area contributed by atoms with Crippen LogP contribution in [0.25, 0.3) is 11.0 Å². The van der Waals surface area contributed by atoms with E-state index in [2.05, 4.69) is 22.9 Å². The van der Waals surface area contributed by atoms with Crippen molar-refractivity contribution in [1.29, 1.82) is 0 Å². The zero-order valence-corrected chi connectivity index (χ0v) is 12.0. The second kappa shape index (κ2) is 5.79. The van der Waals surface area contributed by atoms with Crippen molar-refractivity contribution in [3.63, 3.8) is 0 Å². The molecule has 0 saturated carbocycles. The molecule has 21 heavy (non-hydrogen) atoms. The molecule has 3 rings (SSSR count). The number of hydrogen-bond donors (Lipinski definition) is 1. The van der Waals surface area contributed by atoms with Crippen LogP contribution >= 0.6 is 0 Å². The molecule has 0 radical (unpaired) electrons. The van der Waals surface area contributed by atoms with Gasteiger partial charge in [-0.05, 0) is 36.8 Å². The van der Waals surface area contributed by atoms with E-state index in [-0.39, 0.29) is 0 Å². The van der Waals surface area contributed by atoms with Crippen LogP contribution in [0.4, 0.5) is 11.5 Å². The SMILES string of the molecule is CCN(Cc1cccc(N)c1)c1cnc2ccccc2n1. The fourth-order valence-corrected chi connectivity index (χ4v) is 2.37. The van der Waals surface area contributed by atoms with E-state index in [1.54, 1.807) is 0 Å². The fourth-order valence-electron chi connectivity index (χ4n) is 2.37. The minimum absolute atomic E-state index is 0.772. The number of fused-ring (bicyclic) bond motifs is 1. The molecule has 0 saturated heterocycles. The van der Waals surface area contributed by atoms with Gasteiger partial charge in [0.15, 0.2) is 0 Å². The van der Waals surface area contributed by atoms with E-state index in [4.69, 9.17) is 10.7 Å². The van der Waals surface area contributed by atoms with Crippen LogP contribution in [-0.4, -0.2) is 16.5 Å². The Morgan fingerprint density at radius 1 is 1.05 bits per heavy atom. The van der Waals surface area contributed by atoms with E-state index in [1.165, 1.54) is 5.56 Å². The third-order valence-electron chi connectivity index (χ3n) is 3.47. The van der Waals surface area contributed by atoms with Crippen molar-refractivity contribution in [2.75, 3.05) is 17.2 Å². The van der Waals surface area contributed by atoms with Crippen molar-refractivity contribution < 1.29 is 0 Å². The quantitative estimate of drug-likeness (QED) is 0.744. The maximum absolute atomic E-state index is 5.84. The lowest BCUT2D eigenvalue weighted by atomic mass is 10.2. The molecule has 0 amide bonds. The van der Waals surface area contributed by atoms with Crippen molar-refractivity contribution in [2.24, 2.45) is 0 Å². The van der Waals surface area contributed by atoms with Gasteiger partial charge in [-0.25, -0.2) is 4.98 Å². The Morgan fingerprint density at radius 2 is 1.86 bits per heavy atom. The number of nitrogen functional groups attached to an aromatic ring is 1. The summed E-state index contributed by atoms with van der Waals surface area (Å²) < 4.78 is 0. The lowest BCUT2D eigenvalue weighted by molar-refractivity contribution is 0.814. The lowest BCUT2D eigenvalue weighted by Crippen LogP contribution is -2.23. The molecular weight excluding hydrogens is 260 g/mol. The summed E-state index contributed by atoms with van der Waals surface area (Å²) in [5.41, 5.74) is 9.64. The number of para-hydroxylation sites is 2. The van der Waals surface area contributed by atoms with Gasteiger partial charge in [-0.1, -0.05) is 24.3 Å². The molecule has 0 aliphatic rings. The van der Waals surface area contributed by atoms with E-state index >= 15 is 0 Å². The molecule has 0 fully saturated rings. The van der Waals surface area contributed by atoms with Crippen LogP contribution in [0.5, 0.6) is 0 Å². The Labute approximate surface area is 124 Å². The maximum atomic E-state index is 5.84. The smallest absolute Gasteiger partial charge is 0.148 e. The zero-order valence-electron chi connectivity index (χ0n) is 12.0. The molecule has 2 aromatic carbocycles. The predicted octanol–water partition coefficient (Wildman–Crippen LogP) is 3.24. The number of anilines is 2. The number of aromatic nitrogens is 2. The fraction of sp³-hybridized carbons (Fsp3) is 0.176. The first-order chi connectivity index (χ1) is 10.3. The van der Waals surface area contributed by atoms with E-state index in [0.717, 1.165) is 35.6 Å². The molecule has 0 bridgehead atoms. The Bertz CT molecular complexity index is 754. The summed E-state index contributed by atoms with van der Waals surface area (Å²) in [6.07, 6.45) is 1.83.